The number of non-ortho nitro benzene ring substituents is 1. The summed E-state index contributed by atoms with van der Waals surface area (Å²) in [5, 5.41) is 20.1. The fourth-order valence-corrected chi connectivity index (χ4v) is 3.24. The Labute approximate surface area is 159 Å². The molecule has 142 valence electrons. The van der Waals surface area contributed by atoms with E-state index in [2.05, 4.69) is 36.4 Å². The van der Waals surface area contributed by atoms with Gasteiger partial charge in [0.05, 0.1) is 27.8 Å². The molecule has 0 spiro atoms. The van der Waals surface area contributed by atoms with E-state index in [1.165, 1.54) is 6.07 Å². The maximum Gasteiger partial charge on any atom is 0.280 e. The molecule has 0 aliphatic heterocycles. The molecular formula is C21H26N4O2. The summed E-state index contributed by atoms with van der Waals surface area (Å²) in [6.45, 7) is 7.39. The maximum atomic E-state index is 11.6. The highest BCUT2D eigenvalue weighted by Crippen LogP contribution is 2.36. The van der Waals surface area contributed by atoms with E-state index in [1.807, 2.05) is 30.3 Å². The van der Waals surface area contributed by atoms with Crippen molar-refractivity contribution in [2.24, 2.45) is 5.92 Å². The maximum absolute atomic E-state index is 11.6. The Kier molecular flexibility index (Phi) is 5.86. The Morgan fingerprint density at radius 2 is 1.85 bits per heavy atom. The molecule has 2 N–H and O–H groups in total. The van der Waals surface area contributed by atoms with Crippen molar-refractivity contribution in [1.82, 2.24) is 10.3 Å². The van der Waals surface area contributed by atoms with Gasteiger partial charge in [-0.15, -0.1) is 0 Å². The monoisotopic (exact) mass is 366 g/mol. The van der Waals surface area contributed by atoms with Crippen LogP contribution in [0.3, 0.4) is 0 Å². The summed E-state index contributed by atoms with van der Waals surface area (Å²) in [7, 11) is 0. The first-order valence-electron chi connectivity index (χ1n) is 9.47. The van der Waals surface area contributed by atoms with Crippen LogP contribution in [-0.4, -0.2) is 22.6 Å². The molecule has 1 atom stereocenters. The van der Waals surface area contributed by atoms with E-state index in [1.54, 1.807) is 6.07 Å². The number of pyridine rings is 1. The molecule has 0 aliphatic rings. The van der Waals surface area contributed by atoms with Gasteiger partial charge in [0.25, 0.3) is 5.69 Å². The molecule has 3 aromatic rings. The summed E-state index contributed by atoms with van der Waals surface area (Å²) in [4.78, 5) is 15.9. The Balaban J connectivity index is 2.11. The third-order valence-electron chi connectivity index (χ3n) is 4.72. The predicted octanol–water partition coefficient (Wildman–Crippen LogP) is 5.08. The predicted molar refractivity (Wildman–Crippen MR) is 111 cm³/mol. The number of nitro benzene ring substituents is 1. The first-order valence-corrected chi connectivity index (χ1v) is 9.47. The summed E-state index contributed by atoms with van der Waals surface area (Å²) < 4.78 is 0. The minimum absolute atomic E-state index is 0.0255. The Hall–Kier alpha value is -2.73. The third kappa shape index (κ3) is 4.17. The summed E-state index contributed by atoms with van der Waals surface area (Å²) in [6, 6.07) is 12.8. The number of nitro groups is 1. The Bertz CT molecular complexity index is 955. The van der Waals surface area contributed by atoms with Gasteiger partial charge < -0.3 is 5.32 Å². The van der Waals surface area contributed by atoms with Crippen molar-refractivity contribution in [2.75, 3.05) is 11.9 Å². The van der Waals surface area contributed by atoms with Gasteiger partial charge in [-0.05, 0) is 37.4 Å². The summed E-state index contributed by atoms with van der Waals surface area (Å²) >= 11 is 0. The minimum atomic E-state index is -0.336. The van der Waals surface area contributed by atoms with E-state index in [9.17, 15) is 10.1 Å². The van der Waals surface area contributed by atoms with Crippen LogP contribution in [0.4, 0.5) is 11.4 Å². The van der Waals surface area contributed by atoms with E-state index in [0.717, 1.165) is 36.0 Å². The van der Waals surface area contributed by atoms with E-state index >= 15 is 0 Å². The van der Waals surface area contributed by atoms with Crippen molar-refractivity contribution in [1.29, 1.82) is 0 Å². The largest absolute Gasteiger partial charge is 0.369 e. The first kappa shape index (κ1) is 19.0. The zero-order valence-electron chi connectivity index (χ0n) is 16.0. The number of aromatic nitrogens is 1. The smallest absolute Gasteiger partial charge is 0.280 e. The van der Waals surface area contributed by atoms with E-state index in [0.29, 0.717) is 16.8 Å². The summed E-state index contributed by atoms with van der Waals surface area (Å²) in [5.41, 5.74) is 2.30. The lowest BCUT2D eigenvalue weighted by molar-refractivity contribution is -0.383. The molecular weight excluding hydrogens is 340 g/mol. The van der Waals surface area contributed by atoms with Crippen molar-refractivity contribution >= 4 is 33.2 Å². The minimum Gasteiger partial charge on any atom is -0.369 e. The number of nitrogens with zero attached hydrogens (tertiary/aromatic N) is 2. The van der Waals surface area contributed by atoms with Gasteiger partial charge in [-0.3, -0.25) is 15.4 Å². The highest BCUT2D eigenvalue weighted by Gasteiger charge is 2.20. The summed E-state index contributed by atoms with van der Waals surface area (Å²) in [6.07, 6.45) is 1.96. The molecule has 0 fully saturated rings. The van der Waals surface area contributed by atoms with Gasteiger partial charge in [0.1, 0.15) is 5.39 Å². The van der Waals surface area contributed by atoms with Crippen LogP contribution < -0.4 is 10.6 Å². The standard InChI is InChI=1S/C21H26N4O2/c1-4-19(22-13-12-14(2)3)24-21-15-8-5-6-9-16(15)23-17-10-7-11-18(20(17)21)25(26)27/h5-11,14,19,22H,4,12-13H2,1-3H3,(H,23,24). The molecule has 6 nitrogen and oxygen atoms in total. The summed E-state index contributed by atoms with van der Waals surface area (Å²) in [5.74, 6) is 0.624. The van der Waals surface area contributed by atoms with Crippen LogP contribution in [0.2, 0.25) is 0 Å². The van der Waals surface area contributed by atoms with Crippen LogP contribution in [0.15, 0.2) is 42.5 Å². The lowest BCUT2D eigenvalue weighted by Crippen LogP contribution is -2.36. The molecule has 1 unspecified atom stereocenters. The molecule has 1 aromatic heterocycles. The van der Waals surface area contributed by atoms with Gasteiger partial charge in [0.15, 0.2) is 0 Å². The number of anilines is 1. The second-order valence-corrected chi connectivity index (χ2v) is 7.17. The van der Waals surface area contributed by atoms with Crippen molar-refractivity contribution in [3.05, 3.63) is 52.6 Å². The number of fused-ring (bicyclic) bond motifs is 2. The van der Waals surface area contributed by atoms with Gasteiger partial charge in [-0.25, -0.2) is 4.98 Å². The van der Waals surface area contributed by atoms with Crippen LogP contribution in [0.25, 0.3) is 21.8 Å². The molecule has 0 bridgehead atoms. The molecule has 0 saturated heterocycles. The molecule has 6 heteroatoms. The van der Waals surface area contributed by atoms with Crippen LogP contribution in [0.5, 0.6) is 0 Å². The van der Waals surface area contributed by atoms with Crippen LogP contribution in [-0.2, 0) is 0 Å². The quantitative estimate of drug-likeness (QED) is 0.251. The molecule has 0 radical (unpaired) electrons. The molecule has 1 heterocycles. The van der Waals surface area contributed by atoms with Gasteiger partial charge in [0, 0.05) is 11.5 Å². The highest BCUT2D eigenvalue weighted by atomic mass is 16.6. The normalized spacial score (nSPS) is 12.6. The lowest BCUT2D eigenvalue weighted by Gasteiger charge is -2.22. The van der Waals surface area contributed by atoms with Gasteiger partial charge in [-0.2, -0.15) is 0 Å². The van der Waals surface area contributed by atoms with Crippen molar-refractivity contribution in [3.63, 3.8) is 0 Å². The fraction of sp³-hybridized carbons (Fsp3) is 0.381. The number of rotatable bonds is 8. The zero-order valence-corrected chi connectivity index (χ0v) is 16.0. The SMILES string of the molecule is CCC(NCCC(C)C)Nc1c2ccccc2nc2cccc([N+](=O)[O-])c12. The van der Waals surface area contributed by atoms with E-state index in [4.69, 9.17) is 0 Å². The number of hydrogen-bond acceptors (Lipinski definition) is 5. The Morgan fingerprint density at radius 1 is 1.11 bits per heavy atom. The van der Waals surface area contributed by atoms with Crippen molar-refractivity contribution in [2.45, 2.75) is 39.8 Å². The van der Waals surface area contributed by atoms with Gasteiger partial charge in [-0.1, -0.05) is 45.0 Å². The van der Waals surface area contributed by atoms with E-state index in [-0.39, 0.29) is 16.8 Å². The zero-order chi connectivity index (χ0) is 19.4. The topological polar surface area (TPSA) is 80.1 Å². The number of hydrogen-bond donors (Lipinski definition) is 2. The van der Waals surface area contributed by atoms with Crippen LogP contribution in [0.1, 0.15) is 33.6 Å². The molecule has 3 rings (SSSR count). The second-order valence-electron chi connectivity index (χ2n) is 7.17. The molecule has 2 aromatic carbocycles. The average molecular weight is 366 g/mol. The van der Waals surface area contributed by atoms with E-state index < -0.39 is 0 Å². The Morgan fingerprint density at radius 3 is 2.56 bits per heavy atom. The van der Waals surface area contributed by atoms with Gasteiger partial charge >= 0.3 is 0 Å². The fourth-order valence-electron chi connectivity index (χ4n) is 3.24. The highest BCUT2D eigenvalue weighted by molar-refractivity contribution is 6.11. The molecule has 27 heavy (non-hydrogen) atoms. The molecule has 0 saturated carbocycles. The molecule has 0 amide bonds. The van der Waals surface area contributed by atoms with Gasteiger partial charge in [0.2, 0.25) is 0 Å². The van der Waals surface area contributed by atoms with Crippen molar-refractivity contribution in [3.8, 4) is 0 Å². The first-order chi connectivity index (χ1) is 13.0. The number of benzene rings is 2. The van der Waals surface area contributed by atoms with Crippen LogP contribution in [0, 0.1) is 16.0 Å². The number of nitrogens with one attached hydrogen (secondary N) is 2. The van der Waals surface area contributed by atoms with Crippen molar-refractivity contribution < 1.29 is 4.92 Å². The second kappa shape index (κ2) is 8.31. The molecule has 0 aliphatic carbocycles. The third-order valence-corrected chi connectivity index (χ3v) is 4.72. The van der Waals surface area contributed by atoms with Crippen LogP contribution >= 0.6 is 0 Å². The number of para-hydroxylation sites is 1. The average Bonchev–Trinajstić information content (AvgIpc) is 2.65. The lowest BCUT2D eigenvalue weighted by atomic mass is 10.1.